The summed E-state index contributed by atoms with van der Waals surface area (Å²) < 4.78 is 11.3. The first-order valence-electron chi connectivity index (χ1n) is 12.9. The molecule has 3 aromatic carbocycles. The van der Waals surface area contributed by atoms with Crippen LogP contribution in [0.5, 0.6) is 11.5 Å². The lowest BCUT2D eigenvalue weighted by molar-refractivity contribution is -0.140. The van der Waals surface area contributed by atoms with Gasteiger partial charge in [-0.25, -0.2) is 0 Å². The zero-order valence-corrected chi connectivity index (χ0v) is 22.5. The van der Waals surface area contributed by atoms with Crippen molar-refractivity contribution in [3.05, 3.63) is 99.6 Å². The van der Waals surface area contributed by atoms with E-state index in [0.29, 0.717) is 30.3 Å². The smallest absolute Gasteiger partial charge is 0.295 e. The van der Waals surface area contributed by atoms with E-state index in [2.05, 4.69) is 20.8 Å². The van der Waals surface area contributed by atoms with Crippen molar-refractivity contribution in [3.63, 3.8) is 0 Å². The van der Waals surface area contributed by atoms with Gasteiger partial charge in [-0.2, -0.15) is 0 Å². The summed E-state index contributed by atoms with van der Waals surface area (Å²) in [5.74, 6) is -0.482. The molecule has 1 unspecified atom stereocenters. The van der Waals surface area contributed by atoms with Gasteiger partial charge in [0.1, 0.15) is 19.0 Å². The Morgan fingerprint density at radius 1 is 0.921 bits per heavy atom. The van der Waals surface area contributed by atoms with Gasteiger partial charge >= 0.3 is 0 Å². The van der Waals surface area contributed by atoms with E-state index < -0.39 is 17.7 Å². The van der Waals surface area contributed by atoms with Crippen LogP contribution in [-0.2, 0) is 21.5 Å². The first kappa shape index (κ1) is 25.6. The number of hydrogen-bond donors (Lipinski definition) is 1. The van der Waals surface area contributed by atoms with Crippen LogP contribution < -0.4 is 9.47 Å². The molecule has 196 valence electrons. The monoisotopic (exact) mass is 511 g/mol. The second kappa shape index (κ2) is 9.67. The summed E-state index contributed by atoms with van der Waals surface area (Å²) in [6.07, 6.45) is 0. The number of fused-ring (bicyclic) bond motifs is 1. The van der Waals surface area contributed by atoms with Crippen molar-refractivity contribution >= 4 is 17.4 Å². The maximum absolute atomic E-state index is 13.5. The van der Waals surface area contributed by atoms with E-state index >= 15 is 0 Å². The molecule has 0 aliphatic carbocycles. The van der Waals surface area contributed by atoms with Gasteiger partial charge in [0.25, 0.3) is 11.7 Å². The minimum Gasteiger partial charge on any atom is -0.507 e. The number of aliphatic hydroxyl groups excluding tert-OH is 1. The Morgan fingerprint density at radius 2 is 1.61 bits per heavy atom. The molecule has 2 aliphatic heterocycles. The van der Waals surface area contributed by atoms with Gasteiger partial charge in [0.15, 0.2) is 11.5 Å². The number of Topliss-reactive ketones (excluding diaryl/α,β-unsaturated/α-hetero) is 1. The normalized spacial score (nSPS) is 18.7. The highest BCUT2D eigenvalue weighted by atomic mass is 16.6. The van der Waals surface area contributed by atoms with Gasteiger partial charge in [-0.3, -0.25) is 9.59 Å². The van der Waals surface area contributed by atoms with E-state index in [9.17, 15) is 14.7 Å². The largest absolute Gasteiger partial charge is 0.507 e. The van der Waals surface area contributed by atoms with Gasteiger partial charge in [0, 0.05) is 12.1 Å². The Kier molecular flexibility index (Phi) is 6.51. The van der Waals surface area contributed by atoms with Crippen LogP contribution in [0.4, 0.5) is 0 Å². The standard InChI is InChI=1S/C32H33NO5/c1-19-6-7-20(2)23(16-19)18-33-28(21-8-11-24(12-9-21)32(3,4)5)27(30(35)31(33)36)29(34)22-10-13-25-26(17-22)38-15-14-37-25/h6-13,16-17,28,34H,14-15,18H2,1-5H3/b29-27-. The van der Waals surface area contributed by atoms with Crippen molar-refractivity contribution < 1.29 is 24.2 Å². The van der Waals surface area contributed by atoms with Crippen molar-refractivity contribution in [3.8, 4) is 11.5 Å². The summed E-state index contributed by atoms with van der Waals surface area (Å²) in [4.78, 5) is 28.6. The maximum atomic E-state index is 13.5. The number of ether oxygens (including phenoxy) is 2. The second-order valence-corrected chi connectivity index (χ2v) is 11.1. The summed E-state index contributed by atoms with van der Waals surface area (Å²) in [5.41, 5.74) is 5.39. The SMILES string of the molecule is Cc1ccc(C)c(CN2C(=O)C(=O)/C(=C(\O)c3ccc4c(c3)OCCO4)C2c2ccc(C(C)(C)C)cc2)c1. The van der Waals surface area contributed by atoms with Crippen LogP contribution in [0.2, 0.25) is 0 Å². The third kappa shape index (κ3) is 4.67. The van der Waals surface area contributed by atoms with Crippen LogP contribution in [0, 0.1) is 13.8 Å². The van der Waals surface area contributed by atoms with E-state index in [-0.39, 0.29) is 23.3 Å². The average molecular weight is 512 g/mol. The molecule has 0 spiro atoms. The van der Waals surface area contributed by atoms with Gasteiger partial charge in [-0.1, -0.05) is 68.8 Å². The Hall–Kier alpha value is -4.06. The number of aryl methyl sites for hydroxylation is 2. The number of rotatable bonds is 4. The highest BCUT2D eigenvalue weighted by molar-refractivity contribution is 6.46. The topological polar surface area (TPSA) is 76.1 Å². The molecule has 0 bridgehead atoms. The maximum Gasteiger partial charge on any atom is 0.295 e. The zero-order chi connectivity index (χ0) is 27.2. The Bertz CT molecular complexity index is 1450. The van der Waals surface area contributed by atoms with Crippen molar-refractivity contribution in [2.24, 2.45) is 0 Å². The Morgan fingerprint density at radius 3 is 2.29 bits per heavy atom. The molecule has 5 rings (SSSR count). The van der Waals surface area contributed by atoms with Crippen LogP contribution in [0.3, 0.4) is 0 Å². The minimum absolute atomic E-state index is 0.0514. The van der Waals surface area contributed by atoms with Gasteiger partial charge in [-0.15, -0.1) is 0 Å². The van der Waals surface area contributed by atoms with E-state index in [1.165, 1.54) is 0 Å². The number of ketones is 1. The Labute approximate surface area is 223 Å². The predicted molar refractivity (Wildman–Crippen MR) is 146 cm³/mol. The predicted octanol–water partition coefficient (Wildman–Crippen LogP) is 5.99. The number of aliphatic hydroxyl groups is 1. The Balaban J connectivity index is 1.64. The number of nitrogens with zero attached hydrogens (tertiary/aromatic N) is 1. The first-order chi connectivity index (χ1) is 18.0. The van der Waals surface area contributed by atoms with Crippen LogP contribution in [0.15, 0.2) is 66.2 Å². The van der Waals surface area contributed by atoms with Gasteiger partial charge in [0.2, 0.25) is 0 Å². The van der Waals surface area contributed by atoms with Gasteiger partial charge in [0.05, 0.1) is 11.6 Å². The van der Waals surface area contributed by atoms with Gasteiger partial charge in [-0.05, 0) is 59.7 Å². The summed E-state index contributed by atoms with van der Waals surface area (Å²) in [7, 11) is 0. The molecule has 1 atom stereocenters. The molecular weight excluding hydrogens is 478 g/mol. The highest BCUT2D eigenvalue weighted by Gasteiger charge is 2.46. The summed E-state index contributed by atoms with van der Waals surface area (Å²) in [6.45, 7) is 11.5. The van der Waals surface area contributed by atoms with Crippen molar-refractivity contribution in [2.75, 3.05) is 13.2 Å². The summed E-state index contributed by atoms with van der Waals surface area (Å²) in [5, 5.41) is 11.5. The van der Waals surface area contributed by atoms with Crippen LogP contribution in [0.25, 0.3) is 5.76 Å². The molecule has 1 amide bonds. The van der Waals surface area contributed by atoms with Gasteiger partial charge < -0.3 is 19.5 Å². The van der Waals surface area contributed by atoms with E-state index in [1.54, 1.807) is 23.1 Å². The number of carbonyl (C=O) groups excluding carboxylic acids is 2. The molecule has 3 aromatic rings. The average Bonchev–Trinajstić information content (AvgIpc) is 3.14. The van der Waals surface area contributed by atoms with Crippen molar-refractivity contribution in [1.82, 2.24) is 4.90 Å². The number of carbonyl (C=O) groups is 2. The molecule has 6 nitrogen and oxygen atoms in total. The minimum atomic E-state index is -0.739. The van der Waals surface area contributed by atoms with Crippen LogP contribution >= 0.6 is 0 Å². The fraction of sp³-hybridized carbons (Fsp3) is 0.312. The fourth-order valence-corrected chi connectivity index (χ4v) is 5.06. The molecule has 0 radical (unpaired) electrons. The zero-order valence-electron chi connectivity index (χ0n) is 22.5. The molecule has 2 heterocycles. The van der Waals surface area contributed by atoms with Crippen molar-refractivity contribution in [1.29, 1.82) is 0 Å². The lowest BCUT2D eigenvalue weighted by Crippen LogP contribution is -2.29. The highest BCUT2D eigenvalue weighted by Crippen LogP contribution is 2.42. The van der Waals surface area contributed by atoms with Crippen LogP contribution in [-0.4, -0.2) is 34.9 Å². The number of amides is 1. The molecule has 6 heteroatoms. The van der Waals surface area contributed by atoms with E-state index in [4.69, 9.17) is 9.47 Å². The fourth-order valence-electron chi connectivity index (χ4n) is 5.06. The third-order valence-corrected chi connectivity index (χ3v) is 7.29. The quantitative estimate of drug-likeness (QED) is 0.264. The number of benzene rings is 3. The second-order valence-electron chi connectivity index (χ2n) is 11.1. The van der Waals surface area contributed by atoms with E-state index in [1.807, 2.05) is 56.3 Å². The number of hydrogen-bond acceptors (Lipinski definition) is 5. The summed E-state index contributed by atoms with van der Waals surface area (Å²) in [6, 6.07) is 18.3. The van der Waals surface area contributed by atoms with Crippen molar-refractivity contribution in [2.45, 2.75) is 52.6 Å². The third-order valence-electron chi connectivity index (χ3n) is 7.29. The molecule has 0 aromatic heterocycles. The number of likely N-dealkylation sites (tertiary alicyclic amines) is 1. The molecule has 38 heavy (non-hydrogen) atoms. The molecule has 1 fully saturated rings. The molecule has 0 saturated carbocycles. The van der Waals surface area contributed by atoms with E-state index in [0.717, 1.165) is 27.8 Å². The summed E-state index contributed by atoms with van der Waals surface area (Å²) >= 11 is 0. The molecule has 1 saturated heterocycles. The molecular formula is C32H33NO5. The van der Waals surface area contributed by atoms with Crippen LogP contribution in [0.1, 0.15) is 60.2 Å². The molecule has 2 aliphatic rings. The first-order valence-corrected chi connectivity index (χ1v) is 12.9. The molecule has 1 N–H and O–H groups in total. The lowest BCUT2D eigenvalue weighted by atomic mass is 9.85. The lowest BCUT2D eigenvalue weighted by Gasteiger charge is -2.27.